The van der Waals surface area contributed by atoms with E-state index in [1.54, 1.807) is 18.4 Å². The number of carbonyl (C=O) groups excluding carboxylic acids is 1. The summed E-state index contributed by atoms with van der Waals surface area (Å²) in [6.45, 7) is 5.90. The van der Waals surface area contributed by atoms with Crippen molar-refractivity contribution in [3.63, 3.8) is 0 Å². The first-order valence-corrected chi connectivity index (χ1v) is 7.65. The molecule has 21 heavy (non-hydrogen) atoms. The zero-order chi connectivity index (χ0) is 15.5. The molecule has 1 aromatic heterocycles. The summed E-state index contributed by atoms with van der Waals surface area (Å²) in [5.41, 5.74) is 1.61. The highest BCUT2D eigenvalue weighted by Crippen LogP contribution is 2.25. The highest BCUT2D eigenvalue weighted by molar-refractivity contribution is 7.13. The number of nitrogens with one attached hydrogen (secondary N) is 1. The van der Waals surface area contributed by atoms with Crippen LogP contribution in [0.1, 0.15) is 26.5 Å². The van der Waals surface area contributed by atoms with E-state index in [1.807, 2.05) is 50.4 Å². The third-order valence-corrected chi connectivity index (χ3v) is 3.68. The molecule has 4 nitrogen and oxygen atoms in total. The molecule has 1 N–H and O–H groups in total. The number of benzene rings is 1. The summed E-state index contributed by atoms with van der Waals surface area (Å²) in [4.78, 5) is 16.4. The minimum atomic E-state index is -0.216. The Hall–Kier alpha value is -1.88. The number of rotatable bonds is 4. The number of nitrogens with zero attached hydrogens (tertiary/aromatic N) is 1. The van der Waals surface area contributed by atoms with Crippen LogP contribution >= 0.6 is 11.3 Å². The Bertz CT molecular complexity index is 612. The highest BCUT2D eigenvalue weighted by atomic mass is 32.1. The van der Waals surface area contributed by atoms with Crippen molar-refractivity contribution in [1.82, 2.24) is 10.3 Å². The van der Waals surface area contributed by atoms with Gasteiger partial charge in [0.2, 0.25) is 5.91 Å². The maximum atomic E-state index is 11.9. The van der Waals surface area contributed by atoms with Crippen molar-refractivity contribution in [1.29, 1.82) is 0 Å². The van der Waals surface area contributed by atoms with Gasteiger partial charge >= 0.3 is 0 Å². The Morgan fingerprint density at radius 2 is 1.95 bits per heavy atom. The van der Waals surface area contributed by atoms with Crippen LogP contribution in [0.5, 0.6) is 5.75 Å². The number of aromatic nitrogens is 1. The van der Waals surface area contributed by atoms with Gasteiger partial charge in [-0.15, -0.1) is 11.3 Å². The second-order valence-electron chi connectivity index (χ2n) is 5.85. The van der Waals surface area contributed by atoms with Crippen molar-refractivity contribution in [2.24, 2.45) is 0 Å². The molecule has 0 spiro atoms. The summed E-state index contributed by atoms with van der Waals surface area (Å²) < 4.78 is 5.14. The molecule has 0 aliphatic rings. The largest absolute Gasteiger partial charge is 0.497 e. The van der Waals surface area contributed by atoms with Gasteiger partial charge in [-0.2, -0.15) is 0 Å². The molecule has 5 heteroatoms. The Morgan fingerprint density at radius 3 is 2.52 bits per heavy atom. The van der Waals surface area contributed by atoms with Gasteiger partial charge in [0, 0.05) is 16.5 Å². The molecule has 1 amide bonds. The smallest absolute Gasteiger partial charge is 0.226 e. The molecule has 0 fully saturated rings. The summed E-state index contributed by atoms with van der Waals surface area (Å²) >= 11 is 1.54. The van der Waals surface area contributed by atoms with E-state index in [1.165, 1.54) is 0 Å². The fraction of sp³-hybridized carbons (Fsp3) is 0.375. The van der Waals surface area contributed by atoms with Gasteiger partial charge in [0.25, 0.3) is 0 Å². The van der Waals surface area contributed by atoms with Gasteiger partial charge in [-0.25, -0.2) is 4.98 Å². The second kappa shape index (κ2) is 6.26. The average Bonchev–Trinajstić information content (AvgIpc) is 2.85. The first kappa shape index (κ1) is 15.5. The predicted molar refractivity (Wildman–Crippen MR) is 85.7 cm³/mol. The Labute approximate surface area is 129 Å². The van der Waals surface area contributed by atoms with Crippen LogP contribution in [0.3, 0.4) is 0 Å². The van der Waals surface area contributed by atoms with Crippen LogP contribution in [0, 0.1) is 0 Å². The molecule has 0 atom stereocenters. The van der Waals surface area contributed by atoms with E-state index in [0.717, 1.165) is 22.0 Å². The molecule has 0 aliphatic carbocycles. The Morgan fingerprint density at radius 1 is 1.29 bits per heavy atom. The van der Waals surface area contributed by atoms with Crippen molar-refractivity contribution in [2.45, 2.75) is 32.7 Å². The lowest BCUT2D eigenvalue weighted by atomic mass is 10.1. The monoisotopic (exact) mass is 304 g/mol. The zero-order valence-corrected chi connectivity index (χ0v) is 13.6. The number of amides is 1. The van der Waals surface area contributed by atoms with Gasteiger partial charge in [-0.3, -0.25) is 4.79 Å². The van der Waals surface area contributed by atoms with E-state index < -0.39 is 0 Å². The number of hydrogen-bond donors (Lipinski definition) is 1. The van der Waals surface area contributed by atoms with Gasteiger partial charge in [-0.1, -0.05) is 0 Å². The zero-order valence-electron chi connectivity index (χ0n) is 12.8. The topological polar surface area (TPSA) is 51.2 Å². The van der Waals surface area contributed by atoms with Crippen LogP contribution in [-0.4, -0.2) is 23.5 Å². The van der Waals surface area contributed by atoms with Gasteiger partial charge in [0.05, 0.1) is 19.2 Å². The van der Waals surface area contributed by atoms with Crippen molar-refractivity contribution in [2.75, 3.05) is 7.11 Å². The lowest BCUT2D eigenvalue weighted by Gasteiger charge is -2.20. The molecule has 1 aromatic carbocycles. The number of carbonyl (C=O) groups is 1. The van der Waals surface area contributed by atoms with E-state index in [9.17, 15) is 4.79 Å². The van der Waals surface area contributed by atoms with Gasteiger partial charge < -0.3 is 10.1 Å². The standard InChI is InChI=1S/C16H20N2O2S/c1-16(2,3)18-14(19)9-12-10-21-15(17-12)11-5-7-13(20-4)8-6-11/h5-8,10H,9H2,1-4H3,(H,18,19). The van der Waals surface area contributed by atoms with Gasteiger partial charge in [-0.05, 0) is 45.0 Å². The van der Waals surface area contributed by atoms with Crippen molar-refractivity contribution in [3.8, 4) is 16.3 Å². The quantitative estimate of drug-likeness (QED) is 0.943. The van der Waals surface area contributed by atoms with Crippen LogP contribution in [0.4, 0.5) is 0 Å². The fourth-order valence-electron chi connectivity index (χ4n) is 1.88. The number of thiazole rings is 1. The van der Waals surface area contributed by atoms with Gasteiger partial charge in [0.1, 0.15) is 10.8 Å². The summed E-state index contributed by atoms with van der Waals surface area (Å²) in [6.07, 6.45) is 0.309. The lowest BCUT2D eigenvalue weighted by Crippen LogP contribution is -2.41. The van der Waals surface area contributed by atoms with Gasteiger partial charge in [0.15, 0.2) is 0 Å². The van der Waals surface area contributed by atoms with Crippen molar-refractivity contribution in [3.05, 3.63) is 35.3 Å². The van der Waals surface area contributed by atoms with Crippen molar-refractivity contribution >= 4 is 17.2 Å². The van der Waals surface area contributed by atoms with E-state index in [2.05, 4.69) is 10.3 Å². The first-order valence-electron chi connectivity index (χ1n) is 6.77. The van der Waals surface area contributed by atoms with Crippen LogP contribution in [0.15, 0.2) is 29.6 Å². The Balaban J connectivity index is 2.05. The molecule has 1 heterocycles. The average molecular weight is 304 g/mol. The van der Waals surface area contributed by atoms with E-state index in [-0.39, 0.29) is 11.4 Å². The normalized spacial score (nSPS) is 11.2. The van der Waals surface area contributed by atoms with Crippen LogP contribution in [0.25, 0.3) is 10.6 Å². The third-order valence-electron chi connectivity index (χ3n) is 2.74. The molecule has 0 unspecified atom stereocenters. The summed E-state index contributed by atoms with van der Waals surface area (Å²) in [6, 6.07) is 7.75. The van der Waals surface area contributed by atoms with Crippen molar-refractivity contribution < 1.29 is 9.53 Å². The summed E-state index contributed by atoms with van der Waals surface area (Å²) in [5.74, 6) is 0.814. The third kappa shape index (κ3) is 4.56. The SMILES string of the molecule is COc1ccc(-c2nc(CC(=O)NC(C)(C)C)cs2)cc1. The molecule has 0 radical (unpaired) electrons. The summed E-state index contributed by atoms with van der Waals surface area (Å²) in [7, 11) is 1.64. The summed E-state index contributed by atoms with van der Waals surface area (Å²) in [5, 5.41) is 5.79. The molecule has 0 bridgehead atoms. The fourth-order valence-corrected chi connectivity index (χ4v) is 2.71. The lowest BCUT2D eigenvalue weighted by molar-refractivity contribution is -0.121. The molecule has 2 rings (SSSR count). The maximum Gasteiger partial charge on any atom is 0.226 e. The van der Waals surface area contributed by atoms with E-state index in [0.29, 0.717) is 6.42 Å². The first-order chi connectivity index (χ1) is 9.87. The number of hydrogen-bond acceptors (Lipinski definition) is 4. The molecule has 112 valence electrons. The van der Waals surface area contributed by atoms with Crippen LogP contribution in [-0.2, 0) is 11.2 Å². The minimum Gasteiger partial charge on any atom is -0.497 e. The number of ether oxygens (including phenoxy) is 1. The van der Waals surface area contributed by atoms with Crippen LogP contribution in [0.2, 0.25) is 0 Å². The molecule has 0 saturated heterocycles. The minimum absolute atomic E-state index is 0.00548. The maximum absolute atomic E-state index is 11.9. The molecule has 0 aliphatic heterocycles. The van der Waals surface area contributed by atoms with E-state index >= 15 is 0 Å². The number of methoxy groups -OCH3 is 1. The molecular weight excluding hydrogens is 284 g/mol. The predicted octanol–water partition coefficient (Wildman–Crippen LogP) is 3.28. The van der Waals surface area contributed by atoms with Crippen LogP contribution < -0.4 is 10.1 Å². The molecule has 0 saturated carbocycles. The Kier molecular flexibility index (Phi) is 4.63. The second-order valence-corrected chi connectivity index (χ2v) is 6.71. The highest BCUT2D eigenvalue weighted by Gasteiger charge is 2.15. The van der Waals surface area contributed by atoms with E-state index in [4.69, 9.17) is 4.74 Å². The molecule has 2 aromatic rings. The molecular formula is C16H20N2O2S.